The molecule has 0 atom stereocenters. The van der Waals surface area contributed by atoms with Gasteiger partial charge in [-0.15, -0.1) is 0 Å². The highest BCUT2D eigenvalue weighted by atomic mass is 19.1. The SMILES string of the molecule is CCC(=O)N(C)CCN(CC)Cc1ccc(CF)cc1. The molecule has 0 aliphatic rings. The zero-order chi connectivity index (χ0) is 15.0. The van der Waals surface area contributed by atoms with Crippen LogP contribution in [-0.2, 0) is 18.0 Å². The Morgan fingerprint density at radius 1 is 1.10 bits per heavy atom. The minimum Gasteiger partial charge on any atom is -0.344 e. The van der Waals surface area contributed by atoms with E-state index in [1.807, 2.05) is 38.2 Å². The average molecular weight is 280 g/mol. The van der Waals surface area contributed by atoms with E-state index in [0.29, 0.717) is 12.0 Å². The summed E-state index contributed by atoms with van der Waals surface area (Å²) in [6, 6.07) is 7.60. The van der Waals surface area contributed by atoms with Gasteiger partial charge in [0.1, 0.15) is 6.67 Å². The molecule has 0 N–H and O–H groups in total. The average Bonchev–Trinajstić information content (AvgIpc) is 2.50. The van der Waals surface area contributed by atoms with Crippen molar-refractivity contribution >= 4 is 5.91 Å². The quantitative estimate of drug-likeness (QED) is 0.731. The van der Waals surface area contributed by atoms with E-state index >= 15 is 0 Å². The summed E-state index contributed by atoms with van der Waals surface area (Å²) in [4.78, 5) is 15.6. The lowest BCUT2D eigenvalue weighted by Gasteiger charge is -2.24. The van der Waals surface area contributed by atoms with Crippen LogP contribution in [0.15, 0.2) is 24.3 Å². The van der Waals surface area contributed by atoms with Crippen LogP contribution in [0.1, 0.15) is 31.4 Å². The molecule has 0 aromatic heterocycles. The molecule has 4 heteroatoms. The van der Waals surface area contributed by atoms with Gasteiger partial charge in [-0.3, -0.25) is 9.69 Å². The number of alkyl halides is 1. The molecule has 20 heavy (non-hydrogen) atoms. The highest BCUT2D eigenvalue weighted by Gasteiger charge is 2.09. The molecule has 0 aliphatic carbocycles. The van der Waals surface area contributed by atoms with E-state index in [0.717, 1.165) is 26.2 Å². The summed E-state index contributed by atoms with van der Waals surface area (Å²) in [7, 11) is 1.84. The Hall–Kier alpha value is -1.42. The normalized spacial score (nSPS) is 10.8. The number of rotatable bonds is 8. The Balaban J connectivity index is 2.47. The molecule has 0 radical (unpaired) electrons. The van der Waals surface area contributed by atoms with Crippen molar-refractivity contribution < 1.29 is 9.18 Å². The van der Waals surface area contributed by atoms with Gasteiger partial charge in [-0.2, -0.15) is 0 Å². The molecule has 0 aliphatic heterocycles. The third-order valence-electron chi connectivity index (χ3n) is 3.51. The van der Waals surface area contributed by atoms with Crippen LogP contribution in [0.5, 0.6) is 0 Å². The second kappa shape index (κ2) is 8.69. The van der Waals surface area contributed by atoms with Crippen LogP contribution in [0.25, 0.3) is 0 Å². The maximum atomic E-state index is 12.5. The molecule has 3 nitrogen and oxygen atoms in total. The first-order valence-corrected chi connectivity index (χ1v) is 7.20. The van der Waals surface area contributed by atoms with Crippen LogP contribution in [0, 0.1) is 0 Å². The highest BCUT2D eigenvalue weighted by Crippen LogP contribution is 2.08. The first-order chi connectivity index (χ1) is 9.60. The van der Waals surface area contributed by atoms with Crippen LogP contribution in [0.4, 0.5) is 4.39 Å². The van der Waals surface area contributed by atoms with Crippen molar-refractivity contribution in [3.05, 3.63) is 35.4 Å². The standard InChI is InChI=1S/C16H25FN2O/c1-4-16(20)18(3)10-11-19(5-2)13-15-8-6-14(12-17)7-9-15/h6-9H,4-5,10-13H2,1-3H3. The number of nitrogens with zero attached hydrogens (tertiary/aromatic N) is 2. The monoisotopic (exact) mass is 280 g/mol. The van der Waals surface area contributed by atoms with Gasteiger partial charge in [0.25, 0.3) is 0 Å². The molecule has 1 aromatic rings. The summed E-state index contributed by atoms with van der Waals surface area (Å²) >= 11 is 0. The first kappa shape index (κ1) is 16.6. The number of amides is 1. The number of hydrogen-bond acceptors (Lipinski definition) is 2. The fourth-order valence-electron chi connectivity index (χ4n) is 2.03. The van der Waals surface area contributed by atoms with Gasteiger partial charge in [-0.25, -0.2) is 4.39 Å². The first-order valence-electron chi connectivity index (χ1n) is 7.20. The van der Waals surface area contributed by atoms with Gasteiger partial charge in [-0.1, -0.05) is 38.1 Å². The van der Waals surface area contributed by atoms with Gasteiger partial charge in [-0.05, 0) is 17.7 Å². The Labute approximate surface area is 121 Å². The zero-order valence-electron chi connectivity index (χ0n) is 12.7. The van der Waals surface area contributed by atoms with Crippen molar-refractivity contribution in [3.8, 4) is 0 Å². The van der Waals surface area contributed by atoms with Gasteiger partial charge in [0.05, 0.1) is 0 Å². The summed E-state index contributed by atoms with van der Waals surface area (Å²) in [6.07, 6.45) is 0.549. The van der Waals surface area contributed by atoms with Gasteiger partial charge < -0.3 is 4.90 Å². The molecule has 112 valence electrons. The van der Waals surface area contributed by atoms with Crippen LogP contribution >= 0.6 is 0 Å². The molecule has 1 amide bonds. The lowest BCUT2D eigenvalue weighted by molar-refractivity contribution is -0.129. The largest absolute Gasteiger partial charge is 0.344 e. The van der Waals surface area contributed by atoms with Crippen LogP contribution in [0.2, 0.25) is 0 Å². The molecule has 0 bridgehead atoms. The maximum absolute atomic E-state index is 12.5. The minimum atomic E-state index is -0.415. The Bertz CT molecular complexity index is 405. The smallest absolute Gasteiger partial charge is 0.222 e. The van der Waals surface area contributed by atoms with Crippen molar-refractivity contribution in [3.63, 3.8) is 0 Å². The van der Waals surface area contributed by atoms with E-state index < -0.39 is 6.67 Å². The third kappa shape index (κ3) is 5.29. The molecule has 1 rings (SSSR count). The van der Waals surface area contributed by atoms with Crippen molar-refractivity contribution in [2.45, 2.75) is 33.5 Å². The van der Waals surface area contributed by atoms with E-state index in [2.05, 4.69) is 11.8 Å². The molecule has 0 heterocycles. The minimum absolute atomic E-state index is 0.174. The molecule has 0 spiro atoms. The summed E-state index contributed by atoms with van der Waals surface area (Å²) < 4.78 is 12.5. The fraction of sp³-hybridized carbons (Fsp3) is 0.562. The van der Waals surface area contributed by atoms with E-state index in [4.69, 9.17) is 0 Å². The predicted octanol–water partition coefficient (Wildman–Crippen LogP) is 2.85. The fourth-order valence-corrected chi connectivity index (χ4v) is 2.03. The summed E-state index contributed by atoms with van der Waals surface area (Å²) in [5.74, 6) is 0.174. The van der Waals surface area contributed by atoms with Gasteiger partial charge in [0.2, 0.25) is 5.91 Å². The summed E-state index contributed by atoms with van der Waals surface area (Å²) in [6.45, 7) is 6.92. The van der Waals surface area contributed by atoms with Crippen molar-refractivity contribution in [1.82, 2.24) is 9.80 Å². The number of carbonyl (C=O) groups excluding carboxylic acids is 1. The highest BCUT2D eigenvalue weighted by molar-refractivity contribution is 5.75. The van der Waals surface area contributed by atoms with Gasteiger partial charge >= 0.3 is 0 Å². The van der Waals surface area contributed by atoms with Crippen LogP contribution in [0.3, 0.4) is 0 Å². The number of likely N-dealkylation sites (N-methyl/N-ethyl adjacent to an activating group) is 2. The number of halogens is 1. The summed E-state index contributed by atoms with van der Waals surface area (Å²) in [5.41, 5.74) is 1.89. The Kier molecular flexibility index (Phi) is 7.23. The van der Waals surface area contributed by atoms with E-state index in [9.17, 15) is 9.18 Å². The molecule has 1 aromatic carbocycles. The lowest BCUT2D eigenvalue weighted by Crippen LogP contribution is -2.35. The van der Waals surface area contributed by atoms with Crippen LogP contribution in [-0.4, -0.2) is 42.4 Å². The van der Waals surface area contributed by atoms with Gasteiger partial charge in [0, 0.05) is 33.1 Å². The third-order valence-corrected chi connectivity index (χ3v) is 3.51. The summed E-state index contributed by atoms with van der Waals surface area (Å²) in [5, 5.41) is 0. The molecule has 0 saturated carbocycles. The van der Waals surface area contributed by atoms with Crippen molar-refractivity contribution in [2.24, 2.45) is 0 Å². The molecule has 0 saturated heterocycles. The predicted molar refractivity (Wildman–Crippen MR) is 80.1 cm³/mol. The zero-order valence-corrected chi connectivity index (χ0v) is 12.7. The second-order valence-corrected chi connectivity index (χ2v) is 4.99. The molecule has 0 unspecified atom stereocenters. The van der Waals surface area contributed by atoms with E-state index in [-0.39, 0.29) is 5.91 Å². The number of carbonyl (C=O) groups is 1. The van der Waals surface area contributed by atoms with E-state index in [1.54, 1.807) is 4.90 Å². The maximum Gasteiger partial charge on any atom is 0.222 e. The number of hydrogen-bond donors (Lipinski definition) is 0. The number of benzene rings is 1. The van der Waals surface area contributed by atoms with Gasteiger partial charge in [0.15, 0.2) is 0 Å². The lowest BCUT2D eigenvalue weighted by atomic mass is 10.1. The van der Waals surface area contributed by atoms with Crippen molar-refractivity contribution in [2.75, 3.05) is 26.7 Å². The Morgan fingerprint density at radius 3 is 2.20 bits per heavy atom. The molecular weight excluding hydrogens is 255 g/mol. The van der Waals surface area contributed by atoms with E-state index in [1.165, 1.54) is 5.56 Å². The molecular formula is C16H25FN2O. The van der Waals surface area contributed by atoms with Crippen molar-refractivity contribution in [1.29, 1.82) is 0 Å². The Morgan fingerprint density at radius 2 is 1.70 bits per heavy atom. The second-order valence-electron chi connectivity index (χ2n) is 4.99. The topological polar surface area (TPSA) is 23.6 Å². The van der Waals surface area contributed by atoms with Crippen LogP contribution < -0.4 is 0 Å². The molecule has 0 fully saturated rings.